The van der Waals surface area contributed by atoms with E-state index in [1.807, 2.05) is 24.3 Å². The van der Waals surface area contributed by atoms with Crippen LogP contribution in [0.2, 0.25) is 0 Å². The topological polar surface area (TPSA) is 102 Å². The molecule has 0 bridgehead atoms. The van der Waals surface area contributed by atoms with Gasteiger partial charge in [0.05, 0.1) is 29.6 Å². The van der Waals surface area contributed by atoms with Crippen molar-refractivity contribution in [2.75, 3.05) is 23.9 Å². The minimum atomic E-state index is -0.489. The summed E-state index contributed by atoms with van der Waals surface area (Å²) in [6.45, 7) is 2.57. The number of amides is 2. The van der Waals surface area contributed by atoms with Crippen LogP contribution in [0.5, 0.6) is 5.75 Å². The summed E-state index contributed by atoms with van der Waals surface area (Å²) in [7, 11) is 1.60. The Morgan fingerprint density at radius 1 is 1.12 bits per heavy atom. The molecule has 4 rings (SSSR count). The number of nitrogens with one attached hydrogen (secondary N) is 1. The first kappa shape index (κ1) is 21.8. The van der Waals surface area contributed by atoms with E-state index in [1.54, 1.807) is 19.2 Å². The molecule has 1 aliphatic heterocycles. The Balaban J connectivity index is 1.51. The molecule has 1 N–H and O–H groups in total. The van der Waals surface area contributed by atoms with Crippen molar-refractivity contribution >= 4 is 28.9 Å². The smallest absolute Gasteiger partial charge is 0.294 e. The number of ether oxygens (including phenoxy) is 1. The fourth-order valence-corrected chi connectivity index (χ4v) is 4.77. The highest BCUT2D eigenvalue weighted by Crippen LogP contribution is 2.43. The van der Waals surface area contributed by atoms with Gasteiger partial charge in [0.2, 0.25) is 11.8 Å². The highest BCUT2D eigenvalue weighted by molar-refractivity contribution is 6.22. The van der Waals surface area contributed by atoms with Crippen LogP contribution >= 0.6 is 0 Å². The van der Waals surface area contributed by atoms with Crippen molar-refractivity contribution in [2.24, 2.45) is 17.8 Å². The standard InChI is InChI=1S/C24H27N3O5/c1-15-6-8-19-20(12-15)24(29)26(23(19)28)17-7-9-21(22(14-17)27(30)31)25-11-10-16-4-3-5-18(13-16)32-2/h3-5,7,9,13-15,19-20,25H,6,8,10-12H2,1-2H3/t15-,19-,20-/m1/s1. The Hall–Kier alpha value is -3.42. The molecule has 0 unspecified atom stereocenters. The number of benzene rings is 2. The van der Waals surface area contributed by atoms with Gasteiger partial charge in [-0.25, -0.2) is 4.90 Å². The van der Waals surface area contributed by atoms with Gasteiger partial charge in [0.25, 0.3) is 5.69 Å². The minimum Gasteiger partial charge on any atom is -0.497 e. The van der Waals surface area contributed by atoms with Gasteiger partial charge in [-0.3, -0.25) is 19.7 Å². The number of fused-ring (bicyclic) bond motifs is 1. The minimum absolute atomic E-state index is 0.156. The van der Waals surface area contributed by atoms with Gasteiger partial charge in [-0.15, -0.1) is 0 Å². The predicted octanol–water partition coefficient (Wildman–Crippen LogP) is 4.18. The van der Waals surface area contributed by atoms with Gasteiger partial charge >= 0.3 is 0 Å². The average Bonchev–Trinajstić information content (AvgIpc) is 3.03. The molecule has 1 aliphatic carbocycles. The molecule has 2 fully saturated rings. The summed E-state index contributed by atoms with van der Waals surface area (Å²) in [6.07, 6.45) is 2.96. The Morgan fingerprint density at radius 2 is 1.91 bits per heavy atom. The van der Waals surface area contributed by atoms with Crippen LogP contribution in [-0.4, -0.2) is 30.4 Å². The first-order valence-electron chi connectivity index (χ1n) is 10.9. The second-order valence-corrected chi connectivity index (χ2v) is 8.63. The van der Waals surface area contributed by atoms with Crippen LogP contribution in [-0.2, 0) is 16.0 Å². The molecule has 2 aromatic rings. The molecule has 1 heterocycles. The molecular formula is C24H27N3O5. The average molecular weight is 437 g/mol. The zero-order valence-corrected chi connectivity index (χ0v) is 18.2. The zero-order valence-electron chi connectivity index (χ0n) is 18.2. The molecule has 2 amide bonds. The van der Waals surface area contributed by atoms with Crippen LogP contribution in [0, 0.1) is 27.9 Å². The number of nitrogens with zero attached hydrogens (tertiary/aromatic N) is 2. The number of anilines is 2. The number of imide groups is 1. The van der Waals surface area contributed by atoms with Crippen LogP contribution < -0.4 is 15.0 Å². The van der Waals surface area contributed by atoms with Crippen molar-refractivity contribution in [1.29, 1.82) is 0 Å². The molecule has 0 radical (unpaired) electrons. The number of nitro benzene ring substituents is 1. The van der Waals surface area contributed by atoms with Crippen LogP contribution in [0.1, 0.15) is 31.7 Å². The molecule has 8 heteroatoms. The van der Waals surface area contributed by atoms with E-state index in [4.69, 9.17) is 4.74 Å². The number of nitro groups is 1. The van der Waals surface area contributed by atoms with Gasteiger partial charge in [-0.05, 0) is 61.4 Å². The molecule has 32 heavy (non-hydrogen) atoms. The number of hydrogen-bond acceptors (Lipinski definition) is 6. The van der Waals surface area contributed by atoms with Crippen molar-refractivity contribution in [1.82, 2.24) is 0 Å². The van der Waals surface area contributed by atoms with Crippen molar-refractivity contribution in [3.8, 4) is 5.75 Å². The Kier molecular flexibility index (Phi) is 6.12. The molecule has 8 nitrogen and oxygen atoms in total. The van der Waals surface area contributed by atoms with E-state index in [0.717, 1.165) is 22.6 Å². The van der Waals surface area contributed by atoms with E-state index in [0.29, 0.717) is 37.4 Å². The van der Waals surface area contributed by atoms with E-state index in [-0.39, 0.29) is 35.0 Å². The molecule has 3 atom stereocenters. The summed E-state index contributed by atoms with van der Waals surface area (Å²) in [5.74, 6) is 0.0649. The first-order chi connectivity index (χ1) is 15.4. The maximum atomic E-state index is 13.0. The number of methoxy groups -OCH3 is 1. The Labute approximate surface area is 186 Å². The summed E-state index contributed by atoms with van der Waals surface area (Å²) >= 11 is 0. The van der Waals surface area contributed by atoms with E-state index < -0.39 is 4.92 Å². The Morgan fingerprint density at radius 3 is 2.66 bits per heavy atom. The molecule has 2 aliphatic rings. The van der Waals surface area contributed by atoms with Gasteiger partial charge in [-0.1, -0.05) is 19.1 Å². The summed E-state index contributed by atoms with van der Waals surface area (Å²) in [4.78, 5) is 38.3. The Bertz CT molecular complexity index is 1050. The lowest BCUT2D eigenvalue weighted by atomic mass is 9.76. The van der Waals surface area contributed by atoms with E-state index in [9.17, 15) is 19.7 Å². The molecule has 0 aromatic heterocycles. The normalized spacial score (nSPS) is 22.6. The second kappa shape index (κ2) is 8.98. The van der Waals surface area contributed by atoms with Crippen molar-refractivity contribution in [3.63, 3.8) is 0 Å². The van der Waals surface area contributed by atoms with Crippen molar-refractivity contribution in [2.45, 2.75) is 32.6 Å². The summed E-state index contributed by atoms with van der Waals surface area (Å²) in [5, 5.41) is 14.8. The fourth-order valence-electron chi connectivity index (χ4n) is 4.77. The van der Waals surface area contributed by atoms with Crippen LogP contribution in [0.25, 0.3) is 0 Å². The molecule has 2 aromatic carbocycles. The van der Waals surface area contributed by atoms with Crippen LogP contribution in [0.3, 0.4) is 0 Å². The van der Waals surface area contributed by atoms with Gasteiger partial charge in [-0.2, -0.15) is 0 Å². The lowest BCUT2D eigenvalue weighted by Crippen LogP contribution is -2.31. The van der Waals surface area contributed by atoms with Gasteiger partial charge in [0.1, 0.15) is 11.4 Å². The summed E-state index contributed by atoms with van der Waals surface area (Å²) < 4.78 is 5.22. The first-order valence-corrected chi connectivity index (χ1v) is 10.9. The highest BCUT2D eigenvalue weighted by Gasteiger charge is 2.50. The van der Waals surface area contributed by atoms with Crippen molar-refractivity contribution < 1.29 is 19.2 Å². The molecule has 1 saturated heterocycles. The van der Waals surface area contributed by atoms with Crippen LogP contribution in [0.15, 0.2) is 42.5 Å². The highest BCUT2D eigenvalue weighted by atomic mass is 16.6. The molecular weight excluding hydrogens is 410 g/mol. The van der Waals surface area contributed by atoms with Gasteiger partial charge < -0.3 is 10.1 Å². The zero-order chi connectivity index (χ0) is 22.8. The number of carbonyl (C=O) groups is 2. The SMILES string of the molecule is COc1cccc(CCNc2ccc(N3C(=O)[C@@H]4CC[C@@H](C)C[C@H]4C3=O)cc2[N+](=O)[O-])c1. The molecule has 1 saturated carbocycles. The number of hydrogen-bond donors (Lipinski definition) is 1. The monoisotopic (exact) mass is 437 g/mol. The van der Waals surface area contributed by atoms with Crippen molar-refractivity contribution in [3.05, 3.63) is 58.1 Å². The second-order valence-electron chi connectivity index (χ2n) is 8.63. The summed E-state index contributed by atoms with van der Waals surface area (Å²) in [6, 6.07) is 12.1. The van der Waals surface area contributed by atoms with Gasteiger partial charge in [0, 0.05) is 12.6 Å². The molecule has 0 spiro atoms. The largest absolute Gasteiger partial charge is 0.497 e. The number of rotatable bonds is 7. The van der Waals surface area contributed by atoms with E-state index >= 15 is 0 Å². The molecule has 168 valence electrons. The van der Waals surface area contributed by atoms with E-state index in [2.05, 4.69) is 12.2 Å². The van der Waals surface area contributed by atoms with Gasteiger partial charge in [0.15, 0.2) is 0 Å². The maximum absolute atomic E-state index is 13.0. The predicted molar refractivity (Wildman–Crippen MR) is 121 cm³/mol. The third-order valence-corrected chi connectivity index (χ3v) is 6.49. The van der Waals surface area contributed by atoms with Crippen LogP contribution in [0.4, 0.5) is 17.1 Å². The maximum Gasteiger partial charge on any atom is 0.294 e. The quantitative estimate of drug-likeness (QED) is 0.396. The number of carbonyl (C=O) groups excluding carboxylic acids is 2. The lowest BCUT2D eigenvalue weighted by molar-refractivity contribution is -0.383. The lowest BCUT2D eigenvalue weighted by Gasteiger charge is -2.25. The van der Waals surface area contributed by atoms with E-state index in [1.165, 1.54) is 6.07 Å². The fraction of sp³-hybridized carbons (Fsp3) is 0.417. The third-order valence-electron chi connectivity index (χ3n) is 6.49. The summed E-state index contributed by atoms with van der Waals surface area (Å²) in [5.41, 5.74) is 1.51. The third kappa shape index (κ3) is 4.17.